The van der Waals surface area contributed by atoms with Gasteiger partial charge in [-0.3, -0.25) is 14.6 Å². The fourth-order valence-electron chi connectivity index (χ4n) is 4.53. The molecule has 11 heteroatoms. The molecule has 2 aliphatic heterocycles. The Labute approximate surface area is 201 Å². The van der Waals surface area contributed by atoms with E-state index in [4.69, 9.17) is 11.6 Å². The smallest absolute Gasteiger partial charge is 0.301 e. The van der Waals surface area contributed by atoms with E-state index in [1.807, 2.05) is 0 Å². The van der Waals surface area contributed by atoms with Gasteiger partial charge in [-0.05, 0) is 31.7 Å². The highest BCUT2D eigenvalue weighted by Crippen LogP contribution is 2.42. The first kappa shape index (κ1) is 22.7. The third-order valence-corrected chi connectivity index (χ3v) is 6.69. The minimum Gasteiger partial charge on any atom is -0.301 e. The molecule has 178 valence electrons. The van der Waals surface area contributed by atoms with Crippen molar-refractivity contribution >= 4 is 29.0 Å². The highest BCUT2D eigenvalue weighted by Gasteiger charge is 2.34. The van der Waals surface area contributed by atoms with Crippen LogP contribution in [0.25, 0.3) is 17.1 Å². The standard InChI is InChI=1S/C23H25ClFN7O2/c1-3-28-8-10-29(11-9-28)14-20(33)31-18-12-16(24)17(25)13-19(18)32-22(27-30(4-2)23(32)34)15-6-5-7-26-21(15)31/h5-7,12-13H,3-4,8-11,14H2,1-2H3. The maximum Gasteiger partial charge on any atom is 0.350 e. The summed E-state index contributed by atoms with van der Waals surface area (Å²) >= 11 is 6.16. The second-order valence-electron chi connectivity index (χ2n) is 8.33. The van der Waals surface area contributed by atoms with Crippen LogP contribution < -0.4 is 10.6 Å². The molecule has 2 aromatic heterocycles. The molecule has 2 aliphatic rings. The largest absolute Gasteiger partial charge is 0.350 e. The van der Waals surface area contributed by atoms with Crippen LogP contribution >= 0.6 is 11.6 Å². The number of piperazine rings is 1. The van der Waals surface area contributed by atoms with E-state index in [1.165, 1.54) is 26.3 Å². The van der Waals surface area contributed by atoms with Gasteiger partial charge < -0.3 is 4.90 Å². The number of carbonyl (C=O) groups is 1. The number of hydrogen-bond acceptors (Lipinski definition) is 6. The van der Waals surface area contributed by atoms with Crippen molar-refractivity contribution in [2.45, 2.75) is 20.4 Å². The third kappa shape index (κ3) is 3.71. The van der Waals surface area contributed by atoms with Crippen LogP contribution in [0, 0.1) is 5.82 Å². The quantitative estimate of drug-likeness (QED) is 0.565. The van der Waals surface area contributed by atoms with Crippen LogP contribution in [0.1, 0.15) is 13.8 Å². The lowest BCUT2D eigenvalue weighted by atomic mass is 10.2. The predicted molar refractivity (Wildman–Crippen MR) is 127 cm³/mol. The lowest BCUT2D eigenvalue weighted by molar-refractivity contribution is -0.119. The normalized spacial score (nSPS) is 16.1. The number of fused-ring (bicyclic) bond motifs is 5. The lowest BCUT2D eigenvalue weighted by Gasteiger charge is -2.34. The Morgan fingerprint density at radius 3 is 2.53 bits per heavy atom. The first-order chi connectivity index (χ1) is 16.4. The number of benzene rings is 1. The Balaban J connectivity index is 1.66. The number of rotatable bonds is 4. The molecule has 1 amide bonds. The van der Waals surface area contributed by atoms with Crippen molar-refractivity contribution in [3.8, 4) is 17.1 Å². The van der Waals surface area contributed by atoms with Crippen LogP contribution in [-0.4, -0.2) is 74.3 Å². The second-order valence-corrected chi connectivity index (χ2v) is 8.73. The summed E-state index contributed by atoms with van der Waals surface area (Å²) in [5.74, 6) is -0.305. The van der Waals surface area contributed by atoms with Gasteiger partial charge in [0.2, 0.25) is 5.91 Å². The number of aromatic nitrogens is 4. The van der Waals surface area contributed by atoms with Crippen LogP contribution in [0.2, 0.25) is 5.02 Å². The molecule has 4 heterocycles. The summed E-state index contributed by atoms with van der Waals surface area (Å²) in [6, 6.07) is 6.03. The summed E-state index contributed by atoms with van der Waals surface area (Å²) in [5, 5.41) is 4.32. The fourth-order valence-corrected chi connectivity index (χ4v) is 4.69. The van der Waals surface area contributed by atoms with Gasteiger partial charge in [-0.2, -0.15) is 0 Å². The molecule has 0 bridgehead atoms. The number of likely N-dealkylation sites (N-methyl/N-ethyl adjacent to an activating group) is 1. The molecule has 3 aromatic rings. The highest BCUT2D eigenvalue weighted by molar-refractivity contribution is 6.31. The first-order valence-corrected chi connectivity index (χ1v) is 11.7. The molecule has 0 aliphatic carbocycles. The van der Waals surface area contributed by atoms with Gasteiger partial charge in [-0.15, -0.1) is 5.10 Å². The maximum atomic E-state index is 14.6. The Hall–Kier alpha value is -3.08. The van der Waals surface area contributed by atoms with Gasteiger partial charge in [0.05, 0.1) is 28.5 Å². The third-order valence-electron chi connectivity index (χ3n) is 6.40. The second kappa shape index (κ2) is 8.94. The maximum absolute atomic E-state index is 14.6. The summed E-state index contributed by atoms with van der Waals surface area (Å²) in [4.78, 5) is 37.3. The van der Waals surface area contributed by atoms with Crippen LogP contribution in [0.4, 0.5) is 15.9 Å². The zero-order valence-electron chi connectivity index (χ0n) is 19.0. The molecule has 1 saturated heterocycles. The molecule has 0 N–H and O–H groups in total. The zero-order chi connectivity index (χ0) is 24.0. The van der Waals surface area contributed by atoms with E-state index in [1.54, 1.807) is 25.3 Å². The van der Waals surface area contributed by atoms with Gasteiger partial charge in [0.1, 0.15) is 5.82 Å². The number of carbonyl (C=O) groups excluding carboxylic acids is 1. The molecule has 0 saturated carbocycles. The molecule has 34 heavy (non-hydrogen) atoms. The van der Waals surface area contributed by atoms with Gasteiger partial charge in [0, 0.05) is 45.0 Å². The van der Waals surface area contributed by atoms with Gasteiger partial charge in [0.15, 0.2) is 11.6 Å². The summed E-state index contributed by atoms with van der Waals surface area (Å²) in [5.41, 5.74) is 0.563. The number of anilines is 2. The number of pyridine rings is 1. The van der Waals surface area contributed by atoms with Crippen LogP contribution in [0.15, 0.2) is 35.3 Å². The van der Waals surface area contributed by atoms with Crippen molar-refractivity contribution in [2.75, 3.05) is 44.2 Å². The van der Waals surface area contributed by atoms with Crippen LogP contribution in [0.3, 0.4) is 0 Å². The number of nitrogens with zero attached hydrogens (tertiary/aromatic N) is 7. The van der Waals surface area contributed by atoms with E-state index in [9.17, 15) is 14.0 Å². The van der Waals surface area contributed by atoms with Crippen molar-refractivity contribution < 1.29 is 9.18 Å². The molecule has 5 rings (SSSR count). The van der Waals surface area contributed by atoms with Crippen molar-refractivity contribution in [3.63, 3.8) is 0 Å². The predicted octanol–water partition coefficient (Wildman–Crippen LogP) is 2.52. The first-order valence-electron chi connectivity index (χ1n) is 11.3. The molecule has 0 unspecified atom stereocenters. The van der Waals surface area contributed by atoms with Crippen molar-refractivity contribution in [1.82, 2.24) is 29.1 Å². The van der Waals surface area contributed by atoms with E-state index in [0.717, 1.165) is 32.7 Å². The van der Waals surface area contributed by atoms with Gasteiger partial charge >= 0.3 is 5.69 Å². The van der Waals surface area contributed by atoms with Gasteiger partial charge in [-0.25, -0.2) is 23.4 Å². The van der Waals surface area contributed by atoms with E-state index in [-0.39, 0.29) is 23.2 Å². The molecule has 9 nitrogen and oxygen atoms in total. The zero-order valence-corrected chi connectivity index (χ0v) is 19.8. The van der Waals surface area contributed by atoms with E-state index in [0.29, 0.717) is 29.4 Å². The van der Waals surface area contributed by atoms with Gasteiger partial charge in [0.25, 0.3) is 0 Å². The average Bonchev–Trinajstić information content (AvgIpc) is 3.12. The van der Waals surface area contributed by atoms with Gasteiger partial charge in [-0.1, -0.05) is 18.5 Å². The van der Waals surface area contributed by atoms with E-state index < -0.39 is 11.5 Å². The summed E-state index contributed by atoms with van der Waals surface area (Å²) in [6.45, 7) is 8.70. The minimum absolute atomic E-state index is 0.148. The molecule has 0 radical (unpaired) electrons. The van der Waals surface area contributed by atoms with E-state index in [2.05, 4.69) is 26.8 Å². The fraction of sp³-hybridized carbons (Fsp3) is 0.391. The number of amides is 1. The topological polar surface area (TPSA) is 79.5 Å². The molecule has 0 atom stereocenters. The number of aryl methyl sites for hydroxylation is 1. The molecule has 1 aromatic carbocycles. The highest BCUT2D eigenvalue weighted by atomic mass is 35.5. The average molecular weight is 486 g/mol. The van der Waals surface area contributed by atoms with Crippen molar-refractivity contribution in [2.24, 2.45) is 0 Å². The molecular weight excluding hydrogens is 461 g/mol. The lowest BCUT2D eigenvalue weighted by Crippen LogP contribution is -2.49. The minimum atomic E-state index is -0.690. The SMILES string of the molecule is CCN1CCN(CC(=O)N2c3cc(Cl)c(F)cc3-n3c(nn(CC)c3=O)-c3cccnc32)CC1. The van der Waals surface area contributed by atoms with Crippen molar-refractivity contribution in [3.05, 3.63) is 51.8 Å². The van der Waals surface area contributed by atoms with E-state index >= 15 is 0 Å². The molecular formula is C23H25ClFN7O2. The molecule has 1 fully saturated rings. The molecule has 0 spiro atoms. The van der Waals surface area contributed by atoms with Crippen LogP contribution in [-0.2, 0) is 11.3 Å². The van der Waals surface area contributed by atoms with Crippen molar-refractivity contribution in [1.29, 1.82) is 0 Å². The number of halogens is 2. The summed E-state index contributed by atoms with van der Waals surface area (Å²) in [6.07, 6.45) is 1.58. The Morgan fingerprint density at radius 2 is 1.82 bits per heavy atom. The summed E-state index contributed by atoms with van der Waals surface area (Å²) < 4.78 is 17.3. The Kier molecular flexibility index (Phi) is 5.97. The van der Waals surface area contributed by atoms with Crippen LogP contribution in [0.5, 0.6) is 0 Å². The Bertz CT molecular complexity index is 1310. The number of hydrogen-bond donors (Lipinski definition) is 0. The monoisotopic (exact) mass is 485 g/mol. The summed E-state index contributed by atoms with van der Waals surface area (Å²) in [7, 11) is 0. The Morgan fingerprint density at radius 1 is 1.09 bits per heavy atom.